The van der Waals surface area contributed by atoms with Gasteiger partial charge in [-0.15, -0.1) is 0 Å². The van der Waals surface area contributed by atoms with Gasteiger partial charge in [0.05, 0.1) is 5.56 Å². The van der Waals surface area contributed by atoms with Crippen molar-refractivity contribution in [2.75, 3.05) is 0 Å². The second-order valence-electron chi connectivity index (χ2n) is 4.66. The van der Waals surface area contributed by atoms with Gasteiger partial charge in [-0.25, -0.2) is 4.98 Å². The Bertz CT molecular complexity index is 841. The Labute approximate surface area is 135 Å². The quantitative estimate of drug-likeness (QED) is 0.423. The van der Waals surface area contributed by atoms with E-state index in [0.717, 1.165) is 11.6 Å². The molecule has 116 valence electrons. The summed E-state index contributed by atoms with van der Waals surface area (Å²) in [5.74, 6) is -0.736. The summed E-state index contributed by atoms with van der Waals surface area (Å²) in [5, 5.41) is 16.4. The molecule has 0 amide bonds. The first-order valence-corrected chi connectivity index (χ1v) is 6.98. The molecule has 0 fully saturated rings. The number of aromatic nitrogens is 4. The Balaban J connectivity index is 1.90. The van der Waals surface area contributed by atoms with E-state index in [1.54, 1.807) is 12.4 Å². The van der Waals surface area contributed by atoms with Crippen LogP contribution in [0.4, 0.5) is 0 Å². The molecule has 3 rings (SSSR count). The van der Waals surface area contributed by atoms with Crippen LogP contribution < -0.4 is 0 Å². The lowest BCUT2D eigenvalue weighted by molar-refractivity contribution is 0.103. The number of aromatic amines is 1. The molecular weight excluding hydrogens is 320 g/mol. The number of hydrogen-bond acceptors (Lipinski definition) is 6. The topological polar surface area (TPSA) is 105 Å². The van der Waals surface area contributed by atoms with E-state index in [9.17, 15) is 9.90 Å². The zero-order valence-electron chi connectivity index (χ0n) is 11.7. The van der Waals surface area contributed by atoms with E-state index < -0.39 is 5.78 Å². The third-order valence-corrected chi connectivity index (χ3v) is 3.48. The molecule has 2 N–H and O–H groups in total. The fraction of sp³-hybridized carbons (Fsp3) is 0.0667. The molecule has 3 aromatic rings. The molecular formula is C15H11ClN4O3. The zero-order valence-corrected chi connectivity index (χ0v) is 12.5. The number of aliphatic hydroxyl groups is 1. The molecule has 0 spiro atoms. The highest BCUT2D eigenvalue weighted by atomic mass is 35.5. The van der Waals surface area contributed by atoms with Crippen molar-refractivity contribution in [3.63, 3.8) is 0 Å². The maximum atomic E-state index is 11.9. The number of allylic oxidation sites excluding steroid dienone is 1. The summed E-state index contributed by atoms with van der Waals surface area (Å²) in [6.07, 6.45) is 7.30. The number of ketones is 1. The van der Waals surface area contributed by atoms with Crippen LogP contribution in [0.5, 0.6) is 0 Å². The van der Waals surface area contributed by atoms with Gasteiger partial charge in [0.15, 0.2) is 11.0 Å². The summed E-state index contributed by atoms with van der Waals surface area (Å²) in [5.41, 5.74) is 1.87. The third kappa shape index (κ3) is 3.29. The first kappa shape index (κ1) is 15.0. The van der Waals surface area contributed by atoms with Gasteiger partial charge in [-0.1, -0.05) is 0 Å². The van der Waals surface area contributed by atoms with Crippen LogP contribution in [0.2, 0.25) is 5.22 Å². The summed E-state index contributed by atoms with van der Waals surface area (Å²) in [6.45, 7) is 0. The summed E-state index contributed by atoms with van der Waals surface area (Å²) in [4.78, 5) is 19.6. The third-order valence-electron chi connectivity index (χ3n) is 3.17. The predicted octanol–water partition coefficient (Wildman–Crippen LogP) is 2.82. The Morgan fingerprint density at radius 3 is 2.87 bits per heavy atom. The maximum Gasteiger partial charge on any atom is 0.226 e. The number of H-pyrrole nitrogens is 1. The highest BCUT2D eigenvalue weighted by Gasteiger charge is 2.17. The summed E-state index contributed by atoms with van der Waals surface area (Å²) in [7, 11) is 0. The highest BCUT2D eigenvalue weighted by molar-refractivity contribution is 6.30. The van der Waals surface area contributed by atoms with Crippen molar-refractivity contribution in [3.8, 4) is 0 Å². The predicted molar refractivity (Wildman–Crippen MR) is 82.1 cm³/mol. The molecule has 23 heavy (non-hydrogen) atoms. The van der Waals surface area contributed by atoms with Crippen molar-refractivity contribution >= 4 is 23.1 Å². The molecule has 0 atom stereocenters. The van der Waals surface area contributed by atoms with Gasteiger partial charge in [-0.05, 0) is 29.3 Å². The number of carbonyl (C=O) groups excluding carboxylic acids is 1. The highest BCUT2D eigenvalue weighted by Crippen LogP contribution is 2.29. The minimum atomic E-state index is -0.507. The number of pyridine rings is 1. The van der Waals surface area contributed by atoms with E-state index in [-0.39, 0.29) is 16.8 Å². The number of nitrogens with zero attached hydrogens (tertiary/aromatic N) is 3. The molecule has 0 aliphatic heterocycles. The van der Waals surface area contributed by atoms with Gasteiger partial charge in [0.1, 0.15) is 18.3 Å². The monoisotopic (exact) mass is 330 g/mol. The van der Waals surface area contributed by atoms with Gasteiger partial charge in [0.25, 0.3) is 0 Å². The standard InChI is InChI=1S/C15H11ClN4O3/c16-14-10(5-9-1-3-17-4-2-9)11(7-23-14)12(21)6-13(22)15-18-8-19-20-15/h1-4,6-8,21H,5H2,(H,18,19,20). The van der Waals surface area contributed by atoms with E-state index >= 15 is 0 Å². The number of carbonyl (C=O) groups is 1. The van der Waals surface area contributed by atoms with Crippen LogP contribution in [0.1, 0.15) is 27.3 Å². The van der Waals surface area contributed by atoms with Gasteiger partial charge < -0.3 is 9.52 Å². The number of furan rings is 1. The SMILES string of the molecule is O=C(C=C(O)c1coc(Cl)c1Cc1ccncc1)c1ncn[nH]1. The second kappa shape index (κ2) is 6.45. The first-order valence-electron chi connectivity index (χ1n) is 6.60. The Kier molecular flexibility index (Phi) is 4.20. The average Bonchev–Trinajstić information content (AvgIpc) is 3.19. The molecule has 0 saturated carbocycles. The van der Waals surface area contributed by atoms with Crippen molar-refractivity contribution in [2.24, 2.45) is 0 Å². The smallest absolute Gasteiger partial charge is 0.226 e. The number of aliphatic hydroxyl groups excluding tert-OH is 1. The van der Waals surface area contributed by atoms with Crippen molar-refractivity contribution in [1.82, 2.24) is 20.2 Å². The van der Waals surface area contributed by atoms with Gasteiger partial charge in [-0.3, -0.25) is 14.9 Å². The van der Waals surface area contributed by atoms with E-state index in [2.05, 4.69) is 20.2 Å². The van der Waals surface area contributed by atoms with Gasteiger partial charge >= 0.3 is 0 Å². The summed E-state index contributed by atoms with van der Waals surface area (Å²) < 4.78 is 5.16. The largest absolute Gasteiger partial charge is 0.507 e. The second-order valence-corrected chi connectivity index (χ2v) is 5.01. The minimum absolute atomic E-state index is 0.0295. The van der Waals surface area contributed by atoms with Crippen molar-refractivity contribution in [2.45, 2.75) is 6.42 Å². The van der Waals surface area contributed by atoms with Crippen molar-refractivity contribution < 1.29 is 14.3 Å². The molecule has 0 aliphatic rings. The summed E-state index contributed by atoms with van der Waals surface area (Å²) >= 11 is 6.04. The van der Waals surface area contributed by atoms with E-state index in [0.29, 0.717) is 17.5 Å². The molecule has 3 heterocycles. The van der Waals surface area contributed by atoms with E-state index in [1.165, 1.54) is 12.6 Å². The van der Waals surface area contributed by atoms with E-state index in [1.807, 2.05) is 12.1 Å². The molecule has 0 aromatic carbocycles. The maximum absolute atomic E-state index is 11.9. The number of nitrogens with one attached hydrogen (secondary N) is 1. The lowest BCUT2D eigenvalue weighted by atomic mass is 10.0. The fourth-order valence-electron chi connectivity index (χ4n) is 2.04. The van der Waals surface area contributed by atoms with Crippen molar-refractivity contribution in [3.05, 3.63) is 70.9 Å². The first-order chi connectivity index (χ1) is 11.1. The fourth-order valence-corrected chi connectivity index (χ4v) is 2.25. The van der Waals surface area contributed by atoms with Crippen LogP contribution in [0.25, 0.3) is 5.76 Å². The molecule has 0 saturated heterocycles. The lowest BCUT2D eigenvalue weighted by Gasteiger charge is -2.03. The van der Waals surface area contributed by atoms with Crippen molar-refractivity contribution in [1.29, 1.82) is 0 Å². The zero-order chi connectivity index (χ0) is 16.2. The number of rotatable bonds is 5. The lowest BCUT2D eigenvalue weighted by Crippen LogP contribution is -2.00. The van der Waals surface area contributed by atoms with Gasteiger partial charge in [-0.2, -0.15) is 5.10 Å². The number of halogens is 1. The van der Waals surface area contributed by atoms with Gasteiger partial charge in [0, 0.05) is 30.5 Å². The Hall–Kier alpha value is -2.93. The molecule has 3 aromatic heterocycles. The molecule has 7 nitrogen and oxygen atoms in total. The Morgan fingerprint density at radius 1 is 1.39 bits per heavy atom. The summed E-state index contributed by atoms with van der Waals surface area (Å²) in [6, 6.07) is 3.65. The molecule has 0 radical (unpaired) electrons. The molecule has 0 aliphatic carbocycles. The van der Waals surface area contributed by atoms with Crippen LogP contribution in [-0.4, -0.2) is 31.1 Å². The van der Waals surface area contributed by atoms with Gasteiger partial charge in [0.2, 0.25) is 5.78 Å². The molecule has 0 unspecified atom stereocenters. The Morgan fingerprint density at radius 2 is 2.17 bits per heavy atom. The molecule has 0 bridgehead atoms. The van der Waals surface area contributed by atoms with Crippen LogP contribution in [0.3, 0.4) is 0 Å². The van der Waals surface area contributed by atoms with E-state index in [4.69, 9.17) is 16.0 Å². The van der Waals surface area contributed by atoms with Crippen LogP contribution in [0, 0.1) is 0 Å². The number of hydrogen-bond donors (Lipinski definition) is 2. The van der Waals surface area contributed by atoms with Crippen LogP contribution in [-0.2, 0) is 6.42 Å². The average molecular weight is 331 g/mol. The van der Waals surface area contributed by atoms with Crippen LogP contribution in [0.15, 0.2) is 47.6 Å². The minimum Gasteiger partial charge on any atom is -0.507 e. The van der Waals surface area contributed by atoms with Crippen LogP contribution >= 0.6 is 11.6 Å². The molecule has 8 heteroatoms. The normalized spacial score (nSPS) is 11.6.